The van der Waals surface area contributed by atoms with Crippen molar-refractivity contribution in [1.82, 2.24) is 14.8 Å². The van der Waals surface area contributed by atoms with Crippen LogP contribution in [-0.2, 0) is 13.6 Å². The van der Waals surface area contributed by atoms with E-state index in [2.05, 4.69) is 31.3 Å². The van der Waals surface area contributed by atoms with Crippen molar-refractivity contribution < 1.29 is 0 Å². The van der Waals surface area contributed by atoms with Gasteiger partial charge in [0.05, 0.1) is 29.1 Å². The summed E-state index contributed by atoms with van der Waals surface area (Å²) in [5.74, 6) is 0. The molecule has 5 nitrogen and oxygen atoms in total. The first-order valence-corrected chi connectivity index (χ1v) is 6.62. The fraction of sp³-hybridized carbons (Fsp3) is 0.300. The third-order valence-corrected chi connectivity index (χ3v) is 3.79. The smallest absolute Gasteiger partial charge is 0.282 e. The number of halogens is 1. The number of hydrogen-bond acceptors (Lipinski definition) is 5. The van der Waals surface area contributed by atoms with E-state index < -0.39 is 0 Å². The molecule has 0 atom stereocenters. The maximum absolute atomic E-state index is 11.6. The summed E-state index contributed by atoms with van der Waals surface area (Å²) in [6.45, 7) is 2.54. The van der Waals surface area contributed by atoms with Crippen LogP contribution in [0.3, 0.4) is 0 Å². The molecule has 1 N–H and O–H groups in total. The highest BCUT2D eigenvalue weighted by molar-refractivity contribution is 9.10. The first kappa shape index (κ1) is 12.3. The molecule has 90 valence electrons. The van der Waals surface area contributed by atoms with Crippen LogP contribution in [-0.4, -0.2) is 14.8 Å². The third kappa shape index (κ3) is 2.73. The van der Waals surface area contributed by atoms with Crippen molar-refractivity contribution in [2.45, 2.75) is 13.5 Å². The number of anilines is 1. The van der Waals surface area contributed by atoms with Gasteiger partial charge in [-0.15, -0.1) is 11.3 Å². The van der Waals surface area contributed by atoms with Crippen molar-refractivity contribution in [3.05, 3.63) is 37.1 Å². The standard InChI is InChI=1S/C10H11BrN4OS/c1-6-14-7(5-17-6)3-12-8-4-13-15(2)10(16)9(8)11/h4-5,12H,3H2,1-2H3. The number of aromatic nitrogens is 3. The summed E-state index contributed by atoms with van der Waals surface area (Å²) < 4.78 is 1.77. The highest BCUT2D eigenvalue weighted by atomic mass is 79.9. The van der Waals surface area contributed by atoms with E-state index >= 15 is 0 Å². The topological polar surface area (TPSA) is 59.8 Å². The second-order valence-electron chi connectivity index (χ2n) is 3.51. The van der Waals surface area contributed by atoms with E-state index in [1.807, 2.05) is 12.3 Å². The normalized spacial score (nSPS) is 10.5. The molecule has 2 rings (SSSR count). The average molecular weight is 315 g/mol. The van der Waals surface area contributed by atoms with Gasteiger partial charge >= 0.3 is 0 Å². The van der Waals surface area contributed by atoms with Crippen LogP contribution in [0.4, 0.5) is 5.69 Å². The van der Waals surface area contributed by atoms with E-state index in [1.54, 1.807) is 24.6 Å². The number of thiazole rings is 1. The predicted molar refractivity (Wildman–Crippen MR) is 71.4 cm³/mol. The van der Waals surface area contributed by atoms with Crippen LogP contribution in [0.1, 0.15) is 10.7 Å². The Hall–Kier alpha value is -1.21. The highest BCUT2D eigenvalue weighted by Crippen LogP contribution is 2.17. The lowest BCUT2D eigenvalue weighted by molar-refractivity contribution is 0.703. The molecule has 0 aliphatic heterocycles. The zero-order valence-electron chi connectivity index (χ0n) is 9.40. The summed E-state index contributed by atoms with van der Waals surface area (Å²) in [7, 11) is 1.61. The first-order chi connectivity index (χ1) is 8.08. The number of hydrogen-bond donors (Lipinski definition) is 1. The summed E-state index contributed by atoms with van der Waals surface area (Å²) in [5.41, 5.74) is 1.48. The Morgan fingerprint density at radius 3 is 3.00 bits per heavy atom. The average Bonchev–Trinajstić information content (AvgIpc) is 2.71. The monoisotopic (exact) mass is 314 g/mol. The van der Waals surface area contributed by atoms with E-state index in [1.165, 1.54) is 4.68 Å². The Morgan fingerprint density at radius 2 is 2.35 bits per heavy atom. The summed E-state index contributed by atoms with van der Waals surface area (Å²) in [6.07, 6.45) is 1.62. The number of nitrogens with one attached hydrogen (secondary N) is 1. The molecule has 0 unspecified atom stereocenters. The molecule has 0 aliphatic carbocycles. The lowest BCUT2D eigenvalue weighted by atomic mass is 10.4. The number of rotatable bonds is 3. The van der Waals surface area contributed by atoms with Gasteiger partial charge in [-0.2, -0.15) is 5.10 Å². The zero-order valence-corrected chi connectivity index (χ0v) is 11.8. The summed E-state index contributed by atoms with van der Waals surface area (Å²) in [4.78, 5) is 15.9. The van der Waals surface area contributed by atoms with Crippen molar-refractivity contribution in [3.63, 3.8) is 0 Å². The van der Waals surface area contributed by atoms with Gasteiger partial charge in [-0.3, -0.25) is 4.79 Å². The molecule has 0 saturated heterocycles. The van der Waals surface area contributed by atoms with Gasteiger partial charge < -0.3 is 5.32 Å². The Morgan fingerprint density at radius 1 is 1.59 bits per heavy atom. The Balaban J connectivity index is 2.15. The summed E-state index contributed by atoms with van der Waals surface area (Å²) in [5, 5.41) is 10.1. The van der Waals surface area contributed by atoms with Gasteiger partial charge in [0.1, 0.15) is 4.47 Å². The van der Waals surface area contributed by atoms with Crippen LogP contribution in [0.5, 0.6) is 0 Å². The van der Waals surface area contributed by atoms with Gasteiger partial charge in [0.15, 0.2) is 0 Å². The molecule has 0 spiro atoms. The molecule has 2 heterocycles. The zero-order chi connectivity index (χ0) is 12.4. The van der Waals surface area contributed by atoms with Crippen LogP contribution >= 0.6 is 27.3 Å². The lowest BCUT2D eigenvalue weighted by Crippen LogP contribution is -2.21. The minimum Gasteiger partial charge on any atom is -0.377 e. The van der Waals surface area contributed by atoms with Gasteiger partial charge in [-0.25, -0.2) is 9.67 Å². The Kier molecular flexibility index (Phi) is 3.58. The molecular formula is C10H11BrN4OS. The Bertz CT molecular complexity index is 592. The van der Waals surface area contributed by atoms with Crippen LogP contribution in [0.15, 0.2) is 20.8 Å². The van der Waals surface area contributed by atoms with Crippen molar-refractivity contribution in [3.8, 4) is 0 Å². The van der Waals surface area contributed by atoms with E-state index in [9.17, 15) is 4.79 Å². The number of aryl methyl sites for hydroxylation is 2. The molecule has 2 aromatic heterocycles. The van der Waals surface area contributed by atoms with Crippen LogP contribution < -0.4 is 10.9 Å². The minimum atomic E-state index is -0.163. The maximum atomic E-state index is 11.6. The quantitative estimate of drug-likeness (QED) is 0.940. The van der Waals surface area contributed by atoms with Crippen LogP contribution in [0.25, 0.3) is 0 Å². The first-order valence-electron chi connectivity index (χ1n) is 4.94. The Labute approximate surface area is 111 Å². The van der Waals surface area contributed by atoms with Crippen molar-refractivity contribution in [1.29, 1.82) is 0 Å². The largest absolute Gasteiger partial charge is 0.377 e. The fourth-order valence-electron chi connectivity index (χ4n) is 1.31. The molecule has 0 aromatic carbocycles. The second kappa shape index (κ2) is 4.97. The summed E-state index contributed by atoms with van der Waals surface area (Å²) in [6, 6.07) is 0. The van der Waals surface area contributed by atoms with Crippen LogP contribution in [0.2, 0.25) is 0 Å². The van der Waals surface area contributed by atoms with Gasteiger partial charge in [0.25, 0.3) is 5.56 Å². The number of nitrogens with zero attached hydrogens (tertiary/aromatic N) is 3. The van der Waals surface area contributed by atoms with Crippen molar-refractivity contribution >= 4 is 33.0 Å². The molecule has 0 bridgehead atoms. The van der Waals surface area contributed by atoms with Gasteiger partial charge in [-0.1, -0.05) is 0 Å². The molecule has 0 amide bonds. The third-order valence-electron chi connectivity index (χ3n) is 2.20. The van der Waals surface area contributed by atoms with E-state index in [0.717, 1.165) is 10.7 Å². The van der Waals surface area contributed by atoms with Crippen LogP contribution in [0, 0.1) is 6.92 Å². The lowest BCUT2D eigenvalue weighted by Gasteiger charge is -2.06. The van der Waals surface area contributed by atoms with Gasteiger partial charge in [0.2, 0.25) is 0 Å². The molecule has 7 heteroatoms. The molecule has 17 heavy (non-hydrogen) atoms. The molecule has 0 saturated carbocycles. The van der Waals surface area contributed by atoms with E-state index in [0.29, 0.717) is 16.7 Å². The van der Waals surface area contributed by atoms with Gasteiger partial charge in [0, 0.05) is 12.4 Å². The molecule has 2 aromatic rings. The molecular weight excluding hydrogens is 304 g/mol. The SMILES string of the molecule is Cc1nc(CNc2cnn(C)c(=O)c2Br)cs1. The summed E-state index contributed by atoms with van der Waals surface area (Å²) >= 11 is 4.86. The predicted octanol–water partition coefficient (Wildman–Crippen LogP) is 1.92. The molecule has 0 fully saturated rings. The molecule has 0 radical (unpaired) electrons. The van der Waals surface area contributed by atoms with E-state index in [-0.39, 0.29) is 5.56 Å². The van der Waals surface area contributed by atoms with Gasteiger partial charge in [-0.05, 0) is 22.9 Å². The maximum Gasteiger partial charge on any atom is 0.282 e. The fourth-order valence-corrected chi connectivity index (χ4v) is 2.42. The minimum absolute atomic E-state index is 0.163. The second-order valence-corrected chi connectivity index (χ2v) is 5.37. The van der Waals surface area contributed by atoms with E-state index in [4.69, 9.17) is 0 Å². The van der Waals surface area contributed by atoms with Crippen molar-refractivity contribution in [2.24, 2.45) is 7.05 Å². The highest BCUT2D eigenvalue weighted by Gasteiger charge is 2.07. The van der Waals surface area contributed by atoms with Crippen molar-refractivity contribution in [2.75, 3.05) is 5.32 Å². The molecule has 0 aliphatic rings.